The van der Waals surface area contributed by atoms with Gasteiger partial charge in [-0.3, -0.25) is 4.79 Å². The van der Waals surface area contributed by atoms with Gasteiger partial charge in [0, 0.05) is 14.1 Å². The summed E-state index contributed by atoms with van der Waals surface area (Å²) in [7, 11) is 3.48. The summed E-state index contributed by atoms with van der Waals surface area (Å²) in [6.07, 6.45) is 1.61. The second-order valence-corrected chi connectivity index (χ2v) is 4.60. The van der Waals surface area contributed by atoms with E-state index in [1.165, 1.54) is 0 Å². The Morgan fingerprint density at radius 1 is 1.54 bits per heavy atom. The highest BCUT2D eigenvalue weighted by Gasteiger charge is 2.51. The van der Waals surface area contributed by atoms with Crippen molar-refractivity contribution >= 4 is 23.1 Å². The van der Waals surface area contributed by atoms with Crippen molar-refractivity contribution in [2.24, 2.45) is 17.1 Å². The maximum Gasteiger partial charge on any atom is 0.235 e. The van der Waals surface area contributed by atoms with Gasteiger partial charge in [-0.05, 0) is 18.8 Å². The molecule has 1 saturated carbocycles. The van der Waals surface area contributed by atoms with Crippen LogP contribution < -0.4 is 5.73 Å². The molecule has 0 saturated heterocycles. The molecule has 1 rings (SSSR count). The number of thiocarbonyl (C=S) groups is 1. The van der Waals surface area contributed by atoms with E-state index in [-0.39, 0.29) is 5.91 Å². The number of hydrogen-bond acceptors (Lipinski definition) is 2. The zero-order valence-corrected chi connectivity index (χ0v) is 9.15. The van der Waals surface area contributed by atoms with E-state index in [4.69, 9.17) is 18.0 Å². The van der Waals surface area contributed by atoms with E-state index in [1.54, 1.807) is 19.0 Å². The van der Waals surface area contributed by atoms with Crippen molar-refractivity contribution in [2.45, 2.75) is 19.8 Å². The van der Waals surface area contributed by atoms with Gasteiger partial charge in [0.05, 0.1) is 10.4 Å². The largest absolute Gasteiger partial charge is 0.392 e. The lowest BCUT2D eigenvalue weighted by atomic mass is 9.62. The summed E-state index contributed by atoms with van der Waals surface area (Å²) in [4.78, 5) is 13.7. The van der Waals surface area contributed by atoms with Crippen LogP contribution in [0, 0.1) is 11.3 Å². The second-order valence-electron chi connectivity index (χ2n) is 4.16. The highest BCUT2D eigenvalue weighted by atomic mass is 32.1. The fourth-order valence-electron chi connectivity index (χ4n) is 2.04. The summed E-state index contributed by atoms with van der Waals surface area (Å²) < 4.78 is 0. The summed E-state index contributed by atoms with van der Waals surface area (Å²) in [5.74, 6) is 0.614. The summed E-state index contributed by atoms with van der Waals surface area (Å²) in [5.41, 5.74) is 5.09. The molecular weight excluding hydrogens is 184 g/mol. The number of carbonyl (C=O) groups is 1. The molecule has 0 radical (unpaired) electrons. The lowest BCUT2D eigenvalue weighted by Crippen LogP contribution is -2.55. The standard InChI is InChI=1S/C9H16N2OS/c1-6-4-9(5-6,7(10)13)8(12)11(2)3/h6H,4-5H2,1-3H3,(H2,10,13). The Kier molecular flexibility index (Phi) is 2.61. The Morgan fingerprint density at radius 3 is 2.23 bits per heavy atom. The molecule has 0 bridgehead atoms. The van der Waals surface area contributed by atoms with Crippen molar-refractivity contribution in [3.8, 4) is 0 Å². The van der Waals surface area contributed by atoms with Crippen molar-refractivity contribution < 1.29 is 4.79 Å². The minimum Gasteiger partial charge on any atom is -0.392 e. The monoisotopic (exact) mass is 200 g/mol. The average Bonchev–Trinajstić information content (AvgIpc) is 1.96. The summed E-state index contributed by atoms with van der Waals surface area (Å²) in [6.45, 7) is 2.11. The average molecular weight is 200 g/mol. The van der Waals surface area contributed by atoms with Gasteiger partial charge in [0.2, 0.25) is 5.91 Å². The van der Waals surface area contributed by atoms with Crippen LogP contribution in [-0.4, -0.2) is 29.9 Å². The fourth-order valence-corrected chi connectivity index (χ4v) is 2.29. The molecule has 1 fully saturated rings. The third-order valence-electron chi connectivity index (χ3n) is 2.68. The Labute approximate surface area is 84.3 Å². The molecule has 0 aliphatic heterocycles. The van der Waals surface area contributed by atoms with Crippen molar-refractivity contribution in [2.75, 3.05) is 14.1 Å². The molecule has 1 amide bonds. The van der Waals surface area contributed by atoms with Gasteiger partial charge in [-0.15, -0.1) is 0 Å². The van der Waals surface area contributed by atoms with Crippen LogP contribution in [0.2, 0.25) is 0 Å². The molecule has 74 valence electrons. The molecule has 13 heavy (non-hydrogen) atoms. The molecule has 0 aromatic heterocycles. The predicted molar refractivity (Wildman–Crippen MR) is 56.3 cm³/mol. The number of rotatable bonds is 2. The lowest BCUT2D eigenvalue weighted by Gasteiger charge is -2.45. The minimum atomic E-state index is -0.530. The van der Waals surface area contributed by atoms with Crippen molar-refractivity contribution in [1.82, 2.24) is 4.90 Å². The third-order valence-corrected chi connectivity index (χ3v) is 3.07. The Morgan fingerprint density at radius 2 is 2.00 bits per heavy atom. The SMILES string of the molecule is CC1CC(C(=O)N(C)C)(C(N)=S)C1. The number of nitrogens with zero attached hydrogens (tertiary/aromatic N) is 1. The first-order chi connectivity index (χ1) is 5.90. The number of amides is 1. The van der Waals surface area contributed by atoms with E-state index < -0.39 is 5.41 Å². The van der Waals surface area contributed by atoms with Gasteiger partial charge in [0.15, 0.2) is 0 Å². The third kappa shape index (κ3) is 1.55. The normalized spacial score (nSPS) is 32.1. The van der Waals surface area contributed by atoms with Gasteiger partial charge in [-0.1, -0.05) is 19.1 Å². The number of nitrogens with two attached hydrogens (primary N) is 1. The van der Waals surface area contributed by atoms with Crippen LogP contribution >= 0.6 is 12.2 Å². The summed E-state index contributed by atoms with van der Waals surface area (Å²) >= 11 is 4.96. The van der Waals surface area contributed by atoms with E-state index in [9.17, 15) is 4.79 Å². The molecule has 2 N–H and O–H groups in total. The van der Waals surface area contributed by atoms with Crippen LogP contribution in [0.5, 0.6) is 0 Å². The first-order valence-electron chi connectivity index (χ1n) is 4.42. The molecule has 0 heterocycles. The quantitative estimate of drug-likeness (QED) is 0.670. The maximum absolute atomic E-state index is 11.8. The number of carbonyl (C=O) groups excluding carboxylic acids is 1. The van der Waals surface area contributed by atoms with Gasteiger partial charge in [0.1, 0.15) is 0 Å². The first-order valence-corrected chi connectivity index (χ1v) is 4.82. The lowest BCUT2D eigenvalue weighted by molar-refractivity contribution is -0.141. The number of hydrogen-bond donors (Lipinski definition) is 1. The molecular formula is C9H16N2OS. The second kappa shape index (κ2) is 3.25. The van der Waals surface area contributed by atoms with E-state index >= 15 is 0 Å². The van der Waals surface area contributed by atoms with E-state index in [1.807, 2.05) is 0 Å². The minimum absolute atomic E-state index is 0.0538. The van der Waals surface area contributed by atoms with E-state index in [2.05, 4.69) is 6.92 Å². The molecule has 0 unspecified atom stereocenters. The zero-order valence-electron chi connectivity index (χ0n) is 8.33. The van der Waals surface area contributed by atoms with Gasteiger partial charge in [-0.2, -0.15) is 0 Å². The van der Waals surface area contributed by atoms with Crippen molar-refractivity contribution in [1.29, 1.82) is 0 Å². The van der Waals surface area contributed by atoms with Crippen LogP contribution in [0.3, 0.4) is 0 Å². The molecule has 0 aromatic rings. The van der Waals surface area contributed by atoms with Crippen LogP contribution in [0.15, 0.2) is 0 Å². The fraction of sp³-hybridized carbons (Fsp3) is 0.778. The molecule has 1 aliphatic rings. The smallest absolute Gasteiger partial charge is 0.235 e. The Bertz CT molecular complexity index is 244. The first kappa shape index (κ1) is 10.4. The molecule has 0 spiro atoms. The zero-order chi connectivity index (χ0) is 10.2. The molecule has 0 aromatic carbocycles. The van der Waals surface area contributed by atoms with Gasteiger partial charge >= 0.3 is 0 Å². The topological polar surface area (TPSA) is 46.3 Å². The van der Waals surface area contributed by atoms with Crippen LogP contribution in [0.25, 0.3) is 0 Å². The molecule has 1 aliphatic carbocycles. The molecule has 4 heteroatoms. The van der Waals surface area contributed by atoms with E-state index in [0.717, 1.165) is 12.8 Å². The van der Waals surface area contributed by atoms with Gasteiger partial charge in [0.25, 0.3) is 0 Å². The van der Waals surface area contributed by atoms with Crippen LogP contribution in [0.1, 0.15) is 19.8 Å². The van der Waals surface area contributed by atoms with Gasteiger partial charge < -0.3 is 10.6 Å². The Balaban J connectivity index is 2.82. The summed E-state index contributed by atoms with van der Waals surface area (Å²) in [6, 6.07) is 0. The summed E-state index contributed by atoms with van der Waals surface area (Å²) in [5, 5.41) is 0. The molecule has 3 nitrogen and oxygen atoms in total. The Hall–Kier alpha value is -0.640. The maximum atomic E-state index is 11.8. The van der Waals surface area contributed by atoms with Crippen molar-refractivity contribution in [3.05, 3.63) is 0 Å². The highest BCUT2D eigenvalue weighted by molar-refractivity contribution is 7.80. The highest BCUT2D eigenvalue weighted by Crippen LogP contribution is 2.46. The van der Waals surface area contributed by atoms with E-state index in [0.29, 0.717) is 10.9 Å². The van der Waals surface area contributed by atoms with Crippen LogP contribution in [-0.2, 0) is 4.79 Å². The predicted octanol–water partition coefficient (Wildman–Crippen LogP) is 0.777. The van der Waals surface area contributed by atoms with Crippen LogP contribution in [0.4, 0.5) is 0 Å². The molecule has 0 atom stereocenters. The van der Waals surface area contributed by atoms with Crippen molar-refractivity contribution in [3.63, 3.8) is 0 Å². The van der Waals surface area contributed by atoms with Gasteiger partial charge in [-0.25, -0.2) is 0 Å².